The van der Waals surface area contributed by atoms with Crippen molar-refractivity contribution in [3.63, 3.8) is 0 Å². The molecule has 0 atom stereocenters. The van der Waals surface area contributed by atoms with Crippen molar-refractivity contribution in [1.82, 2.24) is 1.33 Å². The molecule has 9 heteroatoms. The summed E-state index contributed by atoms with van der Waals surface area (Å²) in [5.41, 5.74) is 0. The third-order valence-corrected chi connectivity index (χ3v) is 2.58. The van der Waals surface area contributed by atoms with Gasteiger partial charge in [-0.05, 0) is 6.92 Å². The van der Waals surface area contributed by atoms with E-state index in [1.165, 1.54) is 0 Å². The maximum atomic E-state index is 11.0. The van der Waals surface area contributed by atoms with Crippen LogP contribution in [0.3, 0.4) is 0 Å². The predicted molar refractivity (Wildman–Crippen MR) is 74.6 cm³/mol. The van der Waals surface area contributed by atoms with E-state index in [4.69, 9.17) is 34.8 Å². The third-order valence-electron chi connectivity index (χ3n) is 0.857. The number of rotatable bonds is 1. The van der Waals surface area contributed by atoms with E-state index in [9.17, 15) is 4.79 Å². The number of nitrogens with zero attached hydrogens (tertiary/aromatic N) is 2. The predicted octanol–water partition coefficient (Wildman–Crippen LogP) is 3.91. The van der Waals surface area contributed by atoms with Gasteiger partial charge in [-0.25, -0.2) is 6.12 Å². The Morgan fingerprint density at radius 1 is 1.50 bits per heavy atom. The first kappa shape index (κ1) is 15.3. The summed E-state index contributed by atoms with van der Waals surface area (Å²) in [6.07, 6.45) is -0.785. The lowest BCUT2D eigenvalue weighted by atomic mass is 10.7. The molecule has 0 spiro atoms. The molecule has 1 amide bonds. The van der Waals surface area contributed by atoms with E-state index in [2.05, 4.69) is 9.73 Å². The van der Waals surface area contributed by atoms with Crippen LogP contribution in [0.15, 0.2) is 4.99 Å². The average Bonchev–Trinajstić information content (AvgIpc) is 1.99. The molecule has 82 valence electrons. The Hall–Kier alpha value is 1.27. The highest BCUT2D eigenvalue weighted by molar-refractivity contribution is 14.2. The van der Waals surface area contributed by atoms with Crippen molar-refractivity contribution in [1.29, 1.82) is 0 Å². The first-order valence-corrected chi connectivity index (χ1v) is 6.19. The van der Waals surface area contributed by atoms with E-state index in [-0.39, 0.29) is 6.61 Å². The molecule has 0 aliphatic heterocycles. The Kier molecular flexibility index (Phi) is 7.38. The second-order valence-electron chi connectivity index (χ2n) is 2.06. The summed E-state index contributed by atoms with van der Waals surface area (Å²) in [7, 11) is 0. The summed E-state index contributed by atoms with van der Waals surface area (Å²) in [5.74, 6) is 0.487. The zero-order valence-electron chi connectivity index (χ0n) is 6.81. The number of carbonyl (C=O) groups excluding carboxylic acids is 1. The molecule has 0 bridgehead atoms. The molecule has 0 N–H and O–H groups in total. The minimum Gasteiger partial charge on any atom is -0.443 e. The molecule has 0 saturated carbocycles. The van der Waals surface area contributed by atoms with Crippen LogP contribution in [0.5, 0.6) is 0 Å². The van der Waals surface area contributed by atoms with E-state index in [0.29, 0.717) is 5.84 Å². The zero-order chi connectivity index (χ0) is 11.4. The first-order valence-electron chi connectivity index (χ1n) is 3.13. The third kappa shape index (κ3) is 8.57. The van der Waals surface area contributed by atoms with E-state index < -0.39 is 9.89 Å². The fourth-order valence-electron chi connectivity index (χ4n) is 0.346. The molecule has 4 nitrogen and oxygen atoms in total. The molecular weight excluding hydrogens is 480 g/mol. The van der Waals surface area contributed by atoms with Crippen molar-refractivity contribution < 1.29 is 9.53 Å². The van der Waals surface area contributed by atoms with Gasteiger partial charge in [-0.2, -0.15) is 4.99 Å². The highest BCUT2D eigenvalue weighted by atomic mass is 127. The Morgan fingerprint density at radius 3 is 2.36 bits per heavy atom. The van der Waals surface area contributed by atoms with Gasteiger partial charge in [-0.1, -0.05) is 34.8 Å². The van der Waals surface area contributed by atoms with Crippen LogP contribution < -0.4 is 0 Å². The van der Waals surface area contributed by atoms with Crippen LogP contribution in [0.1, 0.15) is 6.92 Å². The summed E-state index contributed by atoms with van der Waals surface area (Å²) < 4.78 is 4.57. The van der Waals surface area contributed by atoms with E-state index in [0.717, 1.165) is 0 Å². The largest absolute Gasteiger partial charge is 0.443 e. The van der Waals surface area contributed by atoms with Gasteiger partial charge in [0, 0.05) is 0 Å². The van der Waals surface area contributed by atoms with E-state index >= 15 is 0 Å². The average molecular weight is 485 g/mol. The van der Waals surface area contributed by atoms with Crippen LogP contribution >= 0.6 is 80.5 Å². The van der Waals surface area contributed by atoms with Crippen LogP contribution in [0.4, 0.5) is 4.79 Å². The Morgan fingerprint density at radius 2 is 2.00 bits per heavy atom. The maximum Gasteiger partial charge on any atom is 0.435 e. The fourth-order valence-corrected chi connectivity index (χ4v) is 0.725. The molecule has 0 aromatic rings. The molecule has 14 heavy (non-hydrogen) atoms. The quantitative estimate of drug-likeness (QED) is 0.186. The molecule has 0 aromatic carbocycles. The van der Waals surface area contributed by atoms with Gasteiger partial charge in [0.05, 0.1) is 45.7 Å². The van der Waals surface area contributed by atoms with Crippen molar-refractivity contribution in [2.45, 2.75) is 10.7 Å². The van der Waals surface area contributed by atoms with Gasteiger partial charge in [-0.15, -0.1) is 0 Å². The molecule has 0 radical (unpaired) electrons. The lowest BCUT2D eigenvalue weighted by molar-refractivity contribution is 0.159. The van der Waals surface area contributed by atoms with Gasteiger partial charge < -0.3 is 4.74 Å². The topological polar surface area (TPSA) is 41.9 Å². The minimum atomic E-state index is -1.60. The van der Waals surface area contributed by atoms with Gasteiger partial charge in [0.25, 0.3) is 0 Å². The standard InChI is InChI=1S/C5H5Cl3I2N2O2/c1-3(12(9)10)11-4(13)14-2-5(6,7)8/h2H2,1H3. The molecule has 0 unspecified atom stereocenters. The summed E-state index contributed by atoms with van der Waals surface area (Å²) in [6, 6.07) is 0. The molecule has 0 fully saturated rings. The first-order chi connectivity index (χ1) is 6.22. The normalized spacial score (nSPS) is 12.6. The highest BCUT2D eigenvalue weighted by Gasteiger charge is 2.22. The number of aliphatic imine (C=N–C) groups is 1. The molecule has 0 rings (SSSR count). The van der Waals surface area contributed by atoms with Crippen LogP contribution in [0, 0.1) is 0 Å². The Balaban J connectivity index is 4.06. The number of halogens is 5. The summed E-state index contributed by atoms with van der Waals surface area (Å²) in [5, 5.41) is 0. The zero-order valence-corrected chi connectivity index (χ0v) is 13.4. The monoisotopic (exact) mass is 484 g/mol. The number of hydrogen-bond acceptors (Lipinski definition) is 2. The summed E-state index contributed by atoms with van der Waals surface area (Å²) >= 11 is 20.0. The minimum absolute atomic E-state index is 0.324. The van der Waals surface area contributed by atoms with Crippen molar-refractivity contribution in [2.24, 2.45) is 4.99 Å². The molecule has 0 heterocycles. The van der Waals surface area contributed by atoms with Gasteiger partial charge >= 0.3 is 6.09 Å². The molecular formula is C5H5Cl3I2N2O2. The van der Waals surface area contributed by atoms with Crippen LogP contribution in [-0.2, 0) is 4.74 Å². The van der Waals surface area contributed by atoms with Crippen molar-refractivity contribution in [3.05, 3.63) is 0 Å². The SMILES string of the molecule is CC(=NC(=O)OCC(Cl)(Cl)Cl)N(I)I. The highest BCUT2D eigenvalue weighted by Crippen LogP contribution is 2.26. The van der Waals surface area contributed by atoms with Crippen molar-refractivity contribution in [3.8, 4) is 0 Å². The number of ether oxygens (including phenoxy) is 1. The maximum absolute atomic E-state index is 11.0. The number of amides is 1. The van der Waals surface area contributed by atoms with Crippen molar-refractivity contribution >= 4 is 92.5 Å². The molecule has 0 aromatic heterocycles. The van der Waals surface area contributed by atoms with Gasteiger partial charge in [0.2, 0.25) is 3.79 Å². The molecule has 0 aliphatic rings. The fraction of sp³-hybridized carbons (Fsp3) is 0.600. The number of amidine groups is 1. The lowest BCUT2D eigenvalue weighted by Crippen LogP contribution is -2.17. The van der Waals surface area contributed by atoms with E-state index in [1.54, 1.807) is 8.25 Å². The second kappa shape index (κ2) is 6.77. The van der Waals surface area contributed by atoms with E-state index in [1.807, 2.05) is 45.7 Å². The van der Waals surface area contributed by atoms with Crippen LogP contribution in [0.25, 0.3) is 0 Å². The summed E-state index contributed by atoms with van der Waals surface area (Å²) in [6.45, 7) is 1.32. The van der Waals surface area contributed by atoms with Crippen LogP contribution in [0.2, 0.25) is 0 Å². The Labute approximate surface area is 124 Å². The number of carbonyl (C=O) groups is 1. The lowest BCUT2D eigenvalue weighted by Gasteiger charge is -2.10. The summed E-state index contributed by atoms with van der Waals surface area (Å²) in [4.78, 5) is 14.6. The van der Waals surface area contributed by atoms with Gasteiger partial charge in [-0.3, -0.25) is 0 Å². The van der Waals surface area contributed by atoms with Gasteiger partial charge in [0.1, 0.15) is 12.4 Å². The number of alkyl halides is 3. The van der Waals surface area contributed by atoms with Crippen LogP contribution in [-0.4, -0.2) is 23.7 Å². The Bertz CT molecular complexity index is 242. The van der Waals surface area contributed by atoms with Gasteiger partial charge in [0.15, 0.2) is 0 Å². The van der Waals surface area contributed by atoms with Crippen molar-refractivity contribution in [2.75, 3.05) is 6.61 Å². The molecule has 0 aliphatic carbocycles. The smallest absolute Gasteiger partial charge is 0.435 e. The second-order valence-corrected chi connectivity index (χ2v) is 8.35. The number of hydrogen-bond donors (Lipinski definition) is 0. The molecule has 0 saturated heterocycles.